The summed E-state index contributed by atoms with van der Waals surface area (Å²) in [5, 5.41) is 6.63. The number of nitrogens with one attached hydrogen (secondary N) is 2. The third kappa shape index (κ3) is 4.05. The van der Waals surface area contributed by atoms with E-state index in [9.17, 15) is 8.42 Å². The lowest BCUT2D eigenvalue weighted by Gasteiger charge is -2.26. The Hall–Kier alpha value is -0.920. The van der Waals surface area contributed by atoms with Crippen LogP contribution >= 0.6 is 0 Å². The van der Waals surface area contributed by atoms with Gasteiger partial charge in [0.25, 0.3) is 0 Å². The Labute approximate surface area is 126 Å². The molecule has 0 radical (unpaired) electrons. The van der Waals surface area contributed by atoms with Gasteiger partial charge in [-0.05, 0) is 25.2 Å². The Morgan fingerprint density at radius 1 is 1.33 bits per heavy atom. The van der Waals surface area contributed by atoms with Crippen molar-refractivity contribution in [2.24, 2.45) is 17.6 Å². The smallest absolute Gasteiger partial charge is 0.244 e. The van der Waals surface area contributed by atoms with Gasteiger partial charge in [0.2, 0.25) is 10.0 Å². The number of nitrogens with two attached hydrogens (primary N) is 1. The average molecular weight is 314 g/mol. The summed E-state index contributed by atoms with van der Waals surface area (Å²) in [7, 11) is -3.53. The van der Waals surface area contributed by atoms with Crippen LogP contribution in [0.1, 0.15) is 50.4 Å². The molecule has 0 unspecified atom stereocenters. The molecule has 1 saturated carbocycles. The van der Waals surface area contributed by atoms with Crippen LogP contribution in [0.2, 0.25) is 0 Å². The van der Waals surface area contributed by atoms with Gasteiger partial charge in [-0.3, -0.25) is 5.10 Å². The van der Waals surface area contributed by atoms with Gasteiger partial charge >= 0.3 is 0 Å². The Kier molecular flexibility index (Phi) is 5.40. The highest BCUT2D eigenvalue weighted by Crippen LogP contribution is 2.30. The number of hydrogen-bond acceptors (Lipinski definition) is 4. The van der Waals surface area contributed by atoms with Crippen molar-refractivity contribution in [3.8, 4) is 0 Å². The summed E-state index contributed by atoms with van der Waals surface area (Å²) in [6.45, 7) is 4.58. The van der Waals surface area contributed by atoms with Crippen LogP contribution in [0, 0.1) is 18.8 Å². The second kappa shape index (κ2) is 6.89. The van der Waals surface area contributed by atoms with E-state index < -0.39 is 10.0 Å². The van der Waals surface area contributed by atoms with E-state index in [1.807, 2.05) is 0 Å². The van der Waals surface area contributed by atoms with E-state index in [-0.39, 0.29) is 11.4 Å². The van der Waals surface area contributed by atoms with Crippen LogP contribution < -0.4 is 10.5 Å². The standard InChI is InChI=1S/C14H26N4O2S/c1-10-3-5-12(6-4-10)7-8-16-21(19,20)14-11(2)17-18-13(14)9-15/h10,12,16H,3-9,15H2,1-2H3,(H,17,18). The van der Waals surface area contributed by atoms with Gasteiger partial charge in [-0.1, -0.05) is 32.6 Å². The van der Waals surface area contributed by atoms with Crippen molar-refractivity contribution >= 4 is 10.0 Å². The van der Waals surface area contributed by atoms with Crippen LogP contribution in [-0.4, -0.2) is 25.2 Å². The molecule has 0 aliphatic heterocycles. The highest BCUT2D eigenvalue weighted by molar-refractivity contribution is 7.89. The van der Waals surface area contributed by atoms with E-state index in [4.69, 9.17) is 5.73 Å². The first kappa shape index (κ1) is 16.5. The van der Waals surface area contributed by atoms with E-state index in [1.54, 1.807) is 6.92 Å². The molecule has 0 aromatic carbocycles. The number of sulfonamides is 1. The second-order valence-corrected chi connectivity index (χ2v) is 7.84. The highest BCUT2D eigenvalue weighted by atomic mass is 32.2. The van der Waals surface area contributed by atoms with Crippen LogP contribution in [0.3, 0.4) is 0 Å². The van der Waals surface area contributed by atoms with Crippen molar-refractivity contribution in [1.29, 1.82) is 0 Å². The Morgan fingerprint density at radius 3 is 2.62 bits per heavy atom. The molecule has 0 bridgehead atoms. The van der Waals surface area contributed by atoms with Gasteiger partial charge in [-0.15, -0.1) is 0 Å². The summed E-state index contributed by atoms with van der Waals surface area (Å²) in [6, 6.07) is 0. The first-order valence-corrected chi connectivity index (χ1v) is 9.16. The van der Waals surface area contributed by atoms with Crippen molar-refractivity contribution in [2.75, 3.05) is 6.54 Å². The van der Waals surface area contributed by atoms with Crippen molar-refractivity contribution in [2.45, 2.75) is 57.4 Å². The summed E-state index contributed by atoms with van der Waals surface area (Å²) in [5.74, 6) is 1.46. The lowest BCUT2D eigenvalue weighted by Crippen LogP contribution is -2.28. The molecule has 4 N–H and O–H groups in total. The number of hydrogen-bond donors (Lipinski definition) is 3. The van der Waals surface area contributed by atoms with Crippen molar-refractivity contribution in [3.05, 3.63) is 11.4 Å². The molecular formula is C14H26N4O2S. The molecule has 0 amide bonds. The summed E-state index contributed by atoms with van der Waals surface area (Å²) in [5.41, 5.74) is 6.48. The number of aryl methyl sites for hydroxylation is 1. The fourth-order valence-electron chi connectivity index (χ4n) is 3.05. The van der Waals surface area contributed by atoms with Crippen LogP contribution in [0.4, 0.5) is 0 Å². The molecule has 21 heavy (non-hydrogen) atoms. The molecule has 1 fully saturated rings. The van der Waals surface area contributed by atoms with Crippen LogP contribution in [0.5, 0.6) is 0 Å². The SMILES string of the molecule is Cc1[nH]nc(CN)c1S(=O)(=O)NCCC1CCC(C)CC1. The maximum absolute atomic E-state index is 12.4. The molecule has 0 saturated heterocycles. The third-order valence-corrected chi connectivity index (χ3v) is 6.07. The fourth-order valence-corrected chi connectivity index (χ4v) is 4.47. The maximum atomic E-state index is 12.4. The van der Waals surface area contributed by atoms with Crippen molar-refractivity contribution < 1.29 is 8.42 Å². The molecule has 1 aromatic rings. The highest BCUT2D eigenvalue weighted by Gasteiger charge is 2.24. The average Bonchev–Trinajstić information content (AvgIpc) is 2.83. The second-order valence-electron chi connectivity index (χ2n) is 6.14. The largest absolute Gasteiger partial charge is 0.325 e. The molecule has 0 spiro atoms. The molecule has 6 nitrogen and oxygen atoms in total. The van der Waals surface area contributed by atoms with Gasteiger partial charge in [-0.2, -0.15) is 5.10 Å². The summed E-state index contributed by atoms with van der Waals surface area (Å²) < 4.78 is 27.4. The Morgan fingerprint density at radius 2 is 2.00 bits per heavy atom. The van der Waals surface area contributed by atoms with Gasteiger partial charge in [0.05, 0.1) is 11.4 Å². The zero-order chi connectivity index (χ0) is 15.5. The van der Waals surface area contributed by atoms with Gasteiger partial charge in [0.15, 0.2) is 0 Å². The lowest BCUT2D eigenvalue weighted by atomic mass is 9.81. The molecule has 1 aromatic heterocycles. The normalized spacial score (nSPS) is 23.4. The number of H-pyrrole nitrogens is 1. The zero-order valence-electron chi connectivity index (χ0n) is 12.9. The quantitative estimate of drug-likeness (QED) is 0.743. The molecule has 1 aliphatic rings. The predicted octanol–water partition coefficient (Wildman–Crippen LogP) is 1.67. The van der Waals surface area contributed by atoms with Gasteiger partial charge in [0, 0.05) is 13.1 Å². The first-order chi connectivity index (χ1) is 9.94. The monoisotopic (exact) mass is 314 g/mol. The Bertz CT molecular complexity index is 560. The van der Waals surface area contributed by atoms with Crippen LogP contribution in [-0.2, 0) is 16.6 Å². The number of nitrogens with zero attached hydrogens (tertiary/aromatic N) is 1. The van der Waals surface area contributed by atoms with Gasteiger partial charge in [0.1, 0.15) is 4.90 Å². The topological polar surface area (TPSA) is 101 Å². The van der Waals surface area contributed by atoms with Gasteiger partial charge in [-0.25, -0.2) is 13.1 Å². The maximum Gasteiger partial charge on any atom is 0.244 e. The Balaban J connectivity index is 1.91. The third-order valence-electron chi connectivity index (χ3n) is 4.40. The zero-order valence-corrected chi connectivity index (χ0v) is 13.7. The van der Waals surface area contributed by atoms with E-state index in [1.165, 1.54) is 25.7 Å². The lowest BCUT2D eigenvalue weighted by molar-refractivity contribution is 0.278. The van der Waals surface area contributed by atoms with E-state index in [2.05, 4.69) is 21.8 Å². The molecule has 7 heteroatoms. The predicted molar refractivity (Wildman–Crippen MR) is 82.1 cm³/mol. The molecule has 0 atom stereocenters. The van der Waals surface area contributed by atoms with E-state index in [0.717, 1.165) is 12.3 Å². The minimum atomic E-state index is -3.53. The van der Waals surface area contributed by atoms with Gasteiger partial charge < -0.3 is 5.73 Å². The fraction of sp³-hybridized carbons (Fsp3) is 0.786. The molecule has 2 rings (SSSR count). The van der Waals surface area contributed by atoms with Crippen LogP contribution in [0.15, 0.2) is 4.90 Å². The number of rotatable bonds is 6. The summed E-state index contributed by atoms with van der Waals surface area (Å²) in [4.78, 5) is 0.210. The van der Waals surface area contributed by atoms with Crippen LogP contribution in [0.25, 0.3) is 0 Å². The minimum Gasteiger partial charge on any atom is -0.325 e. The van der Waals surface area contributed by atoms with Crippen molar-refractivity contribution in [3.63, 3.8) is 0 Å². The summed E-state index contributed by atoms with van der Waals surface area (Å²) >= 11 is 0. The molecular weight excluding hydrogens is 288 g/mol. The van der Waals surface area contributed by atoms with Crippen molar-refractivity contribution in [1.82, 2.24) is 14.9 Å². The molecule has 1 aliphatic carbocycles. The summed E-state index contributed by atoms with van der Waals surface area (Å²) in [6.07, 6.45) is 5.84. The van der Waals surface area contributed by atoms with E-state index >= 15 is 0 Å². The van der Waals surface area contributed by atoms with E-state index in [0.29, 0.717) is 23.9 Å². The molecule has 120 valence electrons. The molecule has 1 heterocycles. The first-order valence-electron chi connectivity index (χ1n) is 7.67. The minimum absolute atomic E-state index is 0.112. The number of aromatic amines is 1. The number of aromatic nitrogens is 2.